The van der Waals surface area contributed by atoms with Crippen LogP contribution in [0.2, 0.25) is 0 Å². The van der Waals surface area contributed by atoms with Crippen molar-refractivity contribution in [3.05, 3.63) is 36.2 Å². The Morgan fingerprint density at radius 3 is 2.67 bits per heavy atom. The van der Waals surface area contributed by atoms with Crippen LogP contribution < -0.4 is 10.6 Å². The van der Waals surface area contributed by atoms with E-state index in [4.69, 9.17) is 5.11 Å². The number of aromatic nitrogens is 3. The van der Waals surface area contributed by atoms with Gasteiger partial charge < -0.3 is 15.7 Å². The molecule has 1 amide bonds. The molecule has 0 spiro atoms. The lowest BCUT2D eigenvalue weighted by Crippen LogP contribution is -2.09. The molecule has 2 aromatic rings. The first-order valence-electron chi connectivity index (χ1n) is 6.85. The summed E-state index contributed by atoms with van der Waals surface area (Å²) in [5.74, 6) is -0.00351. The summed E-state index contributed by atoms with van der Waals surface area (Å²) < 4.78 is 1.60. The lowest BCUT2D eigenvalue weighted by atomic mass is 10.2. The predicted octanol–water partition coefficient (Wildman–Crippen LogP) is 1.23. The highest BCUT2D eigenvalue weighted by molar-refractivity contribution is 5.90. The number of hydrogen-bond donors (Lipinski definition) is 3. The standard InChI is InChI=1S/C14H19N5O2/c1-2-14(21)16-12-5-3-11(4-6-12)15-9-13-10-19(7-8-20)18-17-13/h3-6,10,15,20H,2,7-9H2,1H3,(H,16,21). The van der Waals surface area contributed by atoms with Gasteiger partial charge in [0.05, 0.1) is 25.9 Å². The first-order valence-corrected chi connectivity index (χ1v) is 6.85. The van der Waals surface area contributed by atoms with Gasteiger partial charge in [0.1, 0.15) is 5.69 Å². The zero-order chi connectivity index (χ0) is 15.1. The number of nitrogens with zero attached hydrogens (tertiary/aromatic N) is 3. The number of carbonyl (C=O) groups is 1. The van der Waals surface area contributed by atoms with Crippen LogP contribution in [0.25, 0.3) is 0 Å². The normalized spacial score (nSPS) is 10.4. The maximum Gasteiger partial charge on any atom is 0.224 e. The molecule has 7 heteroatoms. The molecule has 0 aliphatic rings. The summed E-state index contributed by atoms with van der Waals surface area (Å²) in [5.41, 5.74) is 2.51. The monoisotopic (exact) mass is 289 g/mol. The van der Waals surface area contributed by atoms with Crippen LogP contribution in [0, 0.1) is 0 Å². The third-order valence-electron chi connectivity index (χ3n) is 2.88. The molecule has 3 N–H and O–H groups in total. The van der Waals surface area contributed by atoms with Gasteiger partial charge in [0.15, 0.2) is 0 Å². The number of aliphatic hydroxyl groups is 1. The fourth-order valence-corrected chi connectivity index (χ4v) is 1.74. The topological polar surface area (TPSA) is 92.1 Å². The molecular formula is C14H19N5O2. The summed E-state index contributed by atoms with van der Waals surface area (Å²) in [6, 6.07) is 7.48. The zero-order valence-corrected chi connectivity index (χ0v) is 11.9. The van der Waals surface area contributed by atoms with Gasteiger partial charge in [-0.3, -0.25) is 4.79 Å². The van der Waals surface area contributed by atoms with Crippen molar-refractivity contribution in [1.29, 1.82) is 0 Å². The number of rotatable bonds is 7. The van der Waals surface area contributed by atoms with Gasteiger partial charge in [0.25, 0.3) is 0 Å². The largest absolute Gasteiger partial charge is 0.394 e. The first-order chi connectivity index (χ1) is 10.2. The smallest absolute Gasteiger partial charge is 0.224 e. The van der Waals surface area contributed by atoms with E-state index in [-0.39, 0.29) is 12.5 Å². The van der Waals surface area contributed by atoms with Crippen LogP contribution in [0.5, 0.6) is 0 Å². The maximum atomic E-state index is 11.3. The number of carbonyl (C=O) groups excluding carboxylic acids is 1. The second-order valence-corrected chi connectivity index (χ2v) is 4.53. The third kappa shape index (κ3) is 4.57. The van der Waals surface area contributed by atoms with Crippen molar-refractivity contribution in [3.63, 3.8) is 0 Å². The molecule has 1 aromatic carbocycles. The molecule has 0 saturated carbocycles. The molecule has 112 valence electrons. The minimum Gasteiger partial charge on any atom is -0.394 e. The fraction of sp³-hybridized carbons (Fsp3) is 0.357. The van der Waals surface area contributed by atoms with E-state index in [1.54, 1.807) is 10.9 Å². The Morgan fingerprint density at radius 1 is 1.29 bits per heavy atom. The lowest BCUT2D eigenvalue weighted by Gasteiger charge is -2.07. The van der Waals surface area contributed by atoms with Gasteiger partial charge >= 0.3 is 0 Å². The van der Waals surface area contributed by atoms with Crippen molar-refractivity contribution < 1.29 is 9.90 Å². The summed E-state index contributed by atoms with van der Waals surface area (Å²) in [5, 5.41) is 22.7. The summed E-state index contributed by atoms with van der Waals surface area (Å²) in [7, 11) is 0. The highest BCUT2D eigenvalue weighted by atomic mass is 16.3. The van der Waals surface area contributed by atoms with E-state index in [1.165, 1.54) is 0 Å². The average molecular weight is 289 g/mol. The quantitative estimate of drug-likeness (QED) is 0.713. The van der Waals surface area contributed by atoms with E-state index in [0.717, 1.165) is 17.1 Å². The first kappa shape index (κ1) is 15.0. The van der Waals surface area contributed by atoms with E-state index in [9.17, 15) is 4.79 Å². The fourth-order valence-electron chi connectivity index (χ4n) is 1.74. The Balaban J connectivity index is 1.86. The van der Waals surface area contributed by atoms with Crippen molar-refractivity contribution in [2.45, 2.75) is 26.4 Å². The molecule has 0 fully saturated rings. The highest BCUT2D eigenvalue weighted by Crippen LogP contribution is 2.14. The number of nitrogens with one attached hydrogen (secondary N) is 2. The molecule has 0 unspecified atom stereocenters. The van der Waals surface area contributed by atoms with E-state index < -0.39 is 0 Å². The Bertz CT molecular complexity index is 579. The van der Waals surface area contributed by atoms with Crippen LogP contribution >= 0.6 is 0 Å². The summed E-state index contributed by atoms with van der Waals surface area (Å²) in [4.78, 5) is 11.3. The number of hydrogen-bond acceptors (Lipinski definition) is 5. The minimum atomic E-state index is -0.00351. The van der Waals surface area contributed by atoms with Gasteiger partial charge in [-0.2, -0.15) is 0 Å². The van der Waals surface area contributed by atoms with Crippen molar-refractivity contribution in [2.75, 3.05) is 17.2 Å². The minimum absolute atomic E-state index is 0.00351. The SMILES string of the molecule is CCC(=O)Nc1ccc(NCc2cn(CCO)nn2)cc1. The molecule has 0 aliphatic heterocycles. The third-order valence-corrected chi connectivity index (χ3v) is 2.88. The predicted molar refractivity (Wildman–Crippen MR) is 79.8 cm³/mol. The van der Waals surface area contributed by atoms with Gasteiger partial charge in [-0.15, -0.1) is 5.10 Å². The highest BCUT2D eigenvalue weighted by Gasteiger charge is 2.02. The van der Waals surface area contributed by atoms with Gasteiger partial charge in [-0.1, -0.05) is 12.1 Å². The Labute approximate surface area is 123 Å². The lowest BCUT2D eigenvalue weighted by molar-refractivity contribution is -0.115. The van der Waals surface area contributed by atoms with Crippen LogP contribution in [0.4, 0.5) is 11.4 Å². The second-order valence-electron chi connectivity index (χ2n) is 4.53. The van der Waals surface area contributed by atoms with Crippen LogP contribution in [0.15, 0.2) is 30.5 Å². The molecule has 21 heavy (non-hydrogen) atoms. The number of aliphatic hydroxyl groups excluding tert-OH is 1. The van der Waals surface area contributed by atoms with Crippen LogP contribution in [-0.4, -0.2) is 32.6 Å². The number of anilines is 2. The molecule has 0 atom stereocenters. The molecule has 2 rings (SSSR count). The van der Waals surface area contributed by atoms with Crippen LogP contribution in [0.3, 0.4) is 0 Å². The molecule has 1 aromatic heterocycles. The van der Waals surface area contributed by atoms with Crippen molar-refractivity contribution >= 4 is 17.3 Å². The van der Waals surface area contributed by atoms with Crippen molar-refractivity contribution in [2.24, 2.45) is 0 Å². The molecule has 1 heterocycles. The summed E-state index contributed by atoms with van der Waals surface area (Å²) in [6.45, 7) is 2.85. The van der Waals surface area contributed by atoms with Gasteiger partial charge in [0, 0.05) is 17.8 Å². The van der Waals surface area contributed by atoms with Gasteiger partial charge in [-0.25, -0.2) is 4.68 Å². The second kappa shape index (κ2) is 7.39. The van der Waals surface area contributed by atoms with Gasteiger partial charge in [0.2, 0.25) is 5.91 Å². The summed E-state index contributed by atoms with van der Waals surface area (Å²) >= 11 is 0. The molecule has 0 bridgehead atoms. The molecular weight excluding hydrogens is 270 g/mol. The Hall–Kier alpha value is -2.41. The van der Waals surface area contributed by atoms with E-state index >= 15 is 0 Å². The molecule has 7 nitrogen and oxygen atoms in total. The van der Waals surface area contributed by atoms with E-state index in [1.807, 2.05) is 31.2 Å². The maximum absolute atomic E-state index is 11.3. The van der Waals surface area contributed by atoms with Crippen LogP contribution in [0.1, 0.15) is 19.0 Å². The Kier molecular flexibility index (Phi) is 5.28. The van der Waals surface area contributed by atoms with Gasteiger partial charge in [-0.05, 0) is 24.3 Å². The average Bonchev–Trinajstić information content (AvgIpc) is 2.94. The number of amides is 1. The van der Waals surface area contributed by atoms with Crippen LogP contribution in [-0.2, 0) is 17.9 Å². The zero-order valence-electron chi connectivity index (χ0n) is 11.9. The van der Waals surface area contributed by atoms with E-state index in [2.05, 4.69) is 20.9 Å². The number of benzene rings is 1. The van der Waals surface area contributed by atoms with E-state index in [0.29, 0.717) is 19.5 Å². The Morgan fingerprint density at radius 2 is 2.00 bits per heavy atom. The van der Waals surface area contributed by atoms with Crippen molar-refractivity contribution in [1.82, 2.24) is 15.0 Å². The molecule has 0 saturated heterocycles. The molecule has 0 radical (unpaired) electrons. The molecule has 0 aliphatic carbocycles. The summed E-state index contributed by atoms with van der Waals surface area (Å²) in [6.07, 6.45) is 2.25. The van der Waals surface area contributed by atoms with Crippen molar-refractivity contribution in [3.8, 4) is 0 Å².